The lowest BCUT2D eigenvalue weighted by atomic mass is 9.95. The van der Waals surface area contributed by atoms with E-state index in [0.29, 0.717) is 6.04 Å². The quantitative estimate of drug-likeness (QED) is 0.708. The van der Waals surface area contributed by atoms with Gasteiger partial charge in [0.15, 0.2) is 0 Å². The average molecular weight is 281 g/mol. The lowest BCUT2D eigenvalue weighted by Gasteiger charge is -2.18. The molecular formula is C18H19NS. The van der Waals surface area contributed by atoms with Gasteiger partial charge in [0.25, 0.3) is 0 Å². The Balaban J connectivity index is 1.87. The van der Waals surface area contributed by atoms with Crippen molar-refractivity contribution in [3.05, 3.63) is 70.4 Å². The first kappa shape index (κ1) is 13.3. The van der Waals surface area contributed by atoms with E-state index >= 15 is 0 Å². The fraction of sp³-hybridized carbons (Fsp3) is 0.222. The molecule has 0 aliphatic heterocycles. The third-order valence-corrected chi connectivity index (χ3v) is 4.58. The number of fused-ring (bicyclic) bond motifs is 1. The largest absolute Gasteiger partial charge is 0.313 e. The van der Waals surface area contributed by atoms with Crippen LogP contribution in [0.4, 0.5) is 0 Å². The van der Waals surface area contributed by atoms with Gasteiger partial charge in [-0.1, -0.05) is 42.5 Å². The number of aryl methyl sites for hydroxylation is 1. The highest BCUT2D eigenvalue weighted by Gasteiger charge is 2.12. The number of rotatable bonds is 5. The highest BCUT2D eigenvalue weighted by Crippen LogP contribution is 2.27. The molecule has 0 amide bonds. The summed E-state index contributed by atoms with van der Waals surface area (Å²) in [5, 5.41) is 10.6. The van der Waals surface area contributed by atoms with Crippen LogP contribution in [0.15, 0.2) is 59.3 Å². The van der Waals surface area contributed by atoms with Gasteiger partial charge in [-0.05, 0) is 58.6 Å². The van der Waals surface area contributed by atoms with Crippen LogP contribution in [0.1, 0.15) is 23.6 Å². The number of hydrogen-bond acceptors (Lipinski definition) is 2. The molecule has 2 heteroatoms. The van der Waals surface area contributed by atoms with Gasteiger partial charge in [-0.2, -0.15) is 11.3 Å². The molecular weight excluding hydrogens is 262 g/mol. The molecule has 1 nitrogen and oxygen atoms in total. The monoisotopic (exact) mass is 281 g/mol. The Bertz CT molecular complexity index is 667. The predicted octanol–water partition coefficient (Wildman–Crippen LogP) is 4.79. The van der Waals surface area contributed by atoms with Crippen molar-refractivity contribution in [1.82, 2.24) is 5.32 Å². The normalized spacial score (nSPS) is 12.7. The fourth-order valence-electron chi connectivity index (χ4n) is 2.76. The molecule has 1 N–H and O–H groups in total. The molecule has 102 valence electrons. The SMILES string of the molecule is CNC(CCc1ccsc1)c1cccc2ccccc12. The first-order valence-corrected chi connectivity index (χ1v) is 7.99. The molecule has 0 aliphatic rings. The maximum Gasteiger partial charge on any atom is 0.0326 e. The van der Waals surface area contributed by atoms with E-state index in [-0.39, 0.29) is 0 Å². The van der Waals surface area contributed by atoms with Crippen LogP contribution >= 0.6 is 11.3 Å². The molecule has 0 bridgehead atoms. The molecule has 3 aromatic rings. The molecule has 0 aliphatic carbocycles. The van der Waals surface area contributed by atoms with Crippen molar-refractivity contribution in [2.45, 2.75) is 18.9 Å². The molecule has 1 atom stereocenters. The summed E-state index contributed by atoms with van der Waals surface area (Å²) < 4.78 is 0. The molecule has 1 unspecified atom stereocenters. The first-order chi connectivity index (χ1) is 9.88. The van der Waals surface area contributed by atoms with Gasteiger partial charge in [-0.15, -0.1) is 0 Å². The van der Waals surface area contributed by atoms with Crippen molar-refractivity contribution in [1.29, 1.82) is 0 Å². The van der Waals surface area contributed by atoms with Gasteiger partial charge in [-0.3, -0.25) is 0 Å². The van der Waals surface area contributed by atoms with Crippen molar-refractivity contribution < 1.29 is 0 Å². The number of thiophene rings is 1. The first-order valence-electron chi connectivity index (χ1n) is 7.04. The van der Waals surface area contributed by atoms with Gasteiger partial charge >= 0.3 is 0 Å². The van der Waals surface area contributed by atoms with Gasteiger partial charge in [0, 0.05) is 6.04 Å². The van der Waals surface area contributed by atoms with Crippen LogP contribution in [0.2, 0.25) is 0 Å². The molecule has 0 saturated heterocycles. The summed E-state index contributed by atoms with van der Waals surface area (Å²) >= 11 is 1.78. The second-order valence-corrected chi connectivity index (χ2v) is 5.86. The molecule has 0 saturated carbocycles. The topological polar surface area (TPSA) is 12.0 Å². The predicted molar refractivity (Wildman–Crippen MR) is 88.4 cm³/mol. The van der Waals surface area contributed by atoms with E-state index in [1.54, 1.807) is 11.3 Å². The lowest BCUT2D eigenvalue weighted by molar-refractivity contribution is 0.553. The molecule has 2 aromatic carbocycles. The molecule has 0 radical (unpaired) electrons. The van der Waals surface area contributed by atoms with Crippen molar-refractivity contribution in [2.24, 2.45) is 0 Å². The van der Waals surface area contributed by atoms with Crippen LogP contribution in [0.5, 0.6) is 0 Å². The van der Waals surface area contributed by atoms with Gasteiger partial charge in [-0.25, -0.2) is 0 Å². The van der Waals surface area contributed by atoms with Crippen LogP contribution in [0, 0.1) is 0 Å². The molecule has 20 heavy (non-hydrogen) atoms. The van der Waals surface area contributed by atoms with E-state index < -0.39 is 0 Å². The summed E-state index contributed by atoms with van der Waals surface area (Å²) in [6, 6.07) is 17.9. The van der Waals surface area contributed by atoms with Crippen LogP contribution < -0.4 is 5.32 Å². The minimum absolute atomic E-state index is 0.404. The van der Waals surface area contributed by atoms with E-state index in [0.717, 1.165) is 12.8 Å². The third kappa shape index (κ3) is 2.77. The van der Waals surface area contributed by atoms with E-state index in [9.17, 15) is 0 Å². The van der Waals surface area contributed by atoms with E-state index in [4.69, 9.17) is 0 Å². The van der Waals surface area contributed by atoms with E-state index in [1.807, 2.05) is 0 Å². The van der Waals surface area contributed by atoms with Gasteiger partial charge < -0.3 is 5.32 Å². The van der Waals surface area contributed by atoms with Crippen molar-refractivity contribution >= 4 is 22.1 Å². The van der Waals surface area contributed by atoms with E-state index in [2.05, 4.69) is 71.7 Å². The second kappa shape index (κ2) is 6.21. The molecule has 1 aromatic heterocycles. The van der Waals surface area contributed by atoms with Crippen molar-refractivity contribution in [3.8, 4) is 0 Å². The second-order valence-electron chi connectivity index (χ2n) is 5.08. The summed E-state index contributed by atoms with van der Waals surface area (Å²) in [5.74, 6) is 0. The van der Waals surface area contributed by atoms with Gasteiger partial charge in [0.2, 0.25) is 0 Å². The van der Waals surface area contributed by atoms with Gasteiger partial charge in [0.05, 0.1) is 0 Å². The molecule has 0 spiro atoms. The summed E-state index contributed by atoms with van der Waals surface area (Å²) in [4.78, 5) is 0. The minimum atomic E-state index is 0.404. The Labute approximate surface area is 124 Å². The maximum atomic E-state index is 3.48. The number of hydrogen-bond donors (Lipinski definition) is 1. The highest BCUT2D eigenvalue weighted by atomic mass is 32.1. The summed E-state index contributed by atoms with van der Waals surface area (Å²) in [6.07, 6.45) is 2.25. The Kier molecular flexibility index (Phi) is 4.14. The minimum Gasteiger partial charge on any atom is -0.313 e. The summed E-state index contributed by atoms with van der Waals surface area (Å²) in [6.45, 7) is 0. The Hall–Kier alpha value is -1.64. The zero-order chi connectivity index (χ0) is 13.8. The molecule has 3 rings (SSSR count). The van der Waals surface area contributed by atoms with Gasteiger partial charge in [0.1, 0.15) is 0 Å². The number of benzene rings is 2. The van der Waals surface area contributed by atoms with Crippen LogP contribution in [0.25, 0.3) is 10.8 Å². The zero-order valence-electron chi connectivity index (χ0n) is 11.7. The summed E-state index contributed by atoms with van der Waals surface area (Å²) in [5.41, 5.74) is 2.84. The van der Waals surface area contributed by atoms with Crippen LogP contribution in [-0.4, -0.2) is 7.05 Å². The molecule has 1 heterocycles. The van der Waals surface area contributed by atoms with Crippen molar-refractivity contribution in [3.63, 3.8) is 0 Å². The Morgan fingerprint density at radius 1 is 1.05 bits per heavy atom. The van der Waals surface area contributed by atoms with Crippen LogP contribution in [-0.2, 0) is 6.42 Å². The van der Waals surface area contributed by atoms with E-state index in [1.165, 1.54) is 21.9 Å². The zero-order valence-corrected chi connectivity index (χ0v) is 12.5. The number of nitrogens with one attached hydrogen (secondary N) is 1. The van der Waals surface area contributed by atoms with Crippen LogP contribution in [0.3, 0.4) is 0 Å². The fourth-order valence-corrected chi connectivity index (χ4v) is 3.46. The smallest absolute Gasteiger partial charge is 0.0326 e. The highest BCUT2D eigenvalue weighted by molar-refractivity contribution is 7.07. The lowest BCUT2D eigenvalue weighted by Crippen LogP contribution is -2.17. The Morgan fingerprint density at radius 2 is 1.90 bits per heavy atom. The maximum absolute atomic E-state index is 3.48. The van der Waals surface area contributed by atoms with Crippen molar-refractivity contribution in [2.75, 3.05) is 7.05 Å². The third-order valence-electron chi connectivity index (χ3n) is 3.85. The summed E-state index contributed by atoms with van der Waals surface area (Å²) in [7, 11) is 2.06. The average Bonchev–Trinajstić information content (AvgIpc) is 3.01. The standard InChI is InChI=1S/C18H19NS/c1-19-18(10-9-14-11-12-20-13-14)17-8-4-6-15-5-2-3-7-16(15)17/h2-8,11-13,18-19H,9-10H2,1H3. The Morgan fingerprint density at radius 3 is 2.70 bits per heavy atom. The molecule has 0 fully saturated rings.